The number of nitro groups is 1. The minimum atomic E-state index is -0.897. The number of esters is 1. The van der Waals surface area contributed by atoms with Crippen molar-refractivity contribution in [1.82, 2.24) is 0 Å². The van der Waals surface area contributed by atoms with Crippen molar-refractivity contribution in [3.63, 3.8) is 0 Å². The maximum atomic E-state index is 11.6. The molecule has 1 heterocycles. The van der Waals surface area contributed by atoms with E-state index in [0.29, 0.717) is 0 Å². The van der Waals surface area contributed by atoms with Crippen LogP contribution in [0.5, 0.6) is 11.5 Å². The van der Waals surface area contributed by atoms with Gasteiger partial charge in [-0.25, -0.2) is 4.79 Å². The Kier molecular flexibility index (Phi) is 3.24. The lowest BCUT2D eigenvalue weighted by Crippen LogP contribution is -2.19. The molecule has 96 valence electrons. The minimum Gasteiger partial charge on any atom is -0.486 e. The van der Waals surface area contributed by atoms with E-state index in [1.807, 2.05) is 0 Å². The van der Waals surface area contributed by atoms with E-state index < -0.39 is 16.6 Å². The second-order valence-electron chi connectivity index (χ2n) is 3.35. The van der Waals surface area contributed by atoms with Crippen LogP contribution in [0, 0.1) is 10.1 Å². The van der Waals surface area contributed by atoms with Crippen LogP contribution in [0.4, 0.5) is 5.69 Å². The summed E-state index contributed by atoms with van der Waals surface area (Å²) in [4.78, 5) is 21.9. The van der Waals surface area contributed by atoms with E-state index in [0.717, 1.165) is 7.11 Å². The van der Waals surface area contributed by atoms with Crippen LogP contribution < -0.4 is 9.47 Å². The lowest BCUT2D eigenvalue weighted by atomic mass is 10.1. The van der Waals surface area contributed by atoms with Gasteiger partial charge < -0.3 is 14.2 Å². The fourth-order valence-electron chi connectivity index (χ4n) is 1.61. The summed E-state index contributed by atoms with van der Waals surface area (Å²) in [5, 5.41) is 10.8. The summed E-state index contributed by atoms with van der Waals surface area (Å²) in [5.74, 6) is -0.715. The molecule has 0 spiro atoms. The number of carbonyl (C=O) groups is 1. The number of fused-ring (bicyclic) bond motifs is 1. The van der Waals surface area contributed by atoms with Crippen molar-refractivity contribution < 1.29 is 23.9 Å². The quantitative estimate of drug-likeness (QED) is 0.464. The smallest absolute Gasteiger partial charge is 0.348 e. The first-order valence-corrected chi connectivity index (χ1v) is 5.29. The molecule has 0 saturated heterocycles. The highest BCUT2D eigenvalue weighted by molar-refractivity contribution is 6.33. The van der Waals surface area contributed by atoms with Crippen LogP contribution in [0.25, 0.3) is 0 Å². The highest BCUT2D eigenvalue weighted by atomic mass is 35.5. The third kappa shape index (κ3) is 1.92. The summed E-state index contributed by atoms with van der Waals surface area (Å²) in [5.41, 5.74) is -0.877. The highest BCUT2D eigenvalue weighted by Gasteiger charge is 2.34. The number of halogens is 1. The third-order valence-corrected chi connectivity index (χ3v) is 2.62. The number of nitrogens with zero attached hydrogens (tertiary/aromatic N) is 1. The van der Waals surface area contributed by atoms with Gasteiger partial charge in [-0.05, 0) is 0 Å². The number of benzene rings is 1. The zero-order valence-corrected chi connectivity index (χ0v) is 10.0. The molecule has 0 N–H and O–H groups in total. The Labute approximate surface area is 106 Å². The van der Waals surface area contributed by atoms with Crippen molar-refractivity contribution in [2.24, 2.45) is 0 Å². The fraction of sp³-hybridized carbons (Fsp3) is 0.300. The van der Waals surface area contributed by atoms with E-state index in [2.05, 4.69) is 4.74 Å². The number of ether oxygens (including phenoxy) is 3. The molecule has 0 fully saturated rings. The van der Waals surface area contributed by atoms with E-state index in [1.54, 1.807) is 0 Å². The van der Waals surface area contributed by atoms with Gasteiger partial charge in [-0.1, -0.05) is 11.6 Å². The van der Waals surface area contributed by atoms with Gasteiger partial charge >= 0.3 is 11.7 Å². The number of hydrogen-bond acceptors (Lipinski definition) is 6. The summed E-state index contributed by atoms with van der Waals surface area (Å²) in [6, 6.07) is 1.25. The van der Waals surface area contributed by atoms with Crippen LogP contribution in [-0.4, -0.2) is 31.2 Å². The summed E-state index contributed by atoms with van der Waals surface area (Å²) in [7, 11) is 1.11. The average Bonchev–Trinajstić information content (AvgIpc) is 2.35. The van der Waals surface area contributed by atoms with Gasteiger partial charge in [0.05, 0.1) is 12.0 Å². The number of methoxy groups -OCH3 is 1. The van der Waals surface area contributed by atoms with Crippen LogP contribution in [0.1, 0.15) is 10.4 Å². The van der Waals surface area contributed by atoms with Gasteiger partial charge in [0, 0.05) is 6.07 Å². The number of hydrogen-bond donors (Lipinski definition) is 0. The van der Waals surface area contributed by atoms with Crippen molar-refractivity contribution >= 4 is 23.3 Å². The first-order chi connectivity index (χ1) is 8.56. The van der Waals surface area contributed by atoms with E-state index in [-0.39, 0.29) is 35.3 Å². The molecule has 0 radical (unpaired) electrons. The van der Waals surface area contributed by atoms with Gasteiger partial charge in [0.2, 0.25) is 0 Å². The molecule has 0 amide bonds. The van der Waals surface area contributed by atoms with Gasteiger partial charge in [0.15, 0.2) is 17.1 Å². The van der Waals surface area contributed by atoms with Crippen molar-refractivity contribution in [3.05, 3.63) is 26.8 Å². The molecular weight excluding hydrogens is 266 g/mol. The molecule has 1 aliphatic rings. The lowest BCUT2D eigenvalue weighted by Gasteiger charge is -2.20. The number of nitro benzene ring substituents is 1. The maximum absolute atomic E-state index is 11.6. The molecule has 0 unspecified atom stereocenters. The Balaban J connectivity index is 2.73. The Bertz CT molecular complexity index is 530. The minimum absolute atomic E-state index is 0.01000. The predicted molar refractivity (Wildman–Crippen MR) is 60.4 cm³/mol. The predicted octanol–water partition coefficient (Wildman–Crippen LogP) is 1.81. The molecule has 1 aromatic rings. The Morgan fingerprint density at radius 1 is 1.50 bits per heavy atom. The highest BCUT2D eigenvalue weighted by Crippen LogP contribution is 2.44. The number of rotatable bonds is 2. The molecule has 1 aromatic carbocycles. The molecule has 0 atom stereocenters. The normalized spacial score (nSPS) is 13.0. The van der Waals surface area contributed by atoms with Crippen LogP contribution in [-0.2, 0) is 4.74 Å². The maximum Gasteiger partial charge on any atom is 0.348 e. The second-order valence-corrected chi connectivity index (χ2v) is 3.76. The topological polar surface area (TPSA) is 87.9 Å². The molecule has 0 saturated carbocycles. The summed E-state index contributed by atoms with van der Waals surface area (Å²) < 4.78 is 15.0. The van der Waals surface area contributed by atoms with Crippen LogP contribution in [0.3, 0.4) is 0 Å². The largest absolute Gasteiger partial charge is 0.486 e. The molecule has 7 nitrogen and oxygen atoms in total. The lowest BCUT2D eigenvalue weighted by molar-refractivity contribution is -0.385. The SMILES string of the molecule is COC(=O)c1c2c(cc(Cl)c1[N+](=O)[O-])OCCO2. The Morgan fingerprint density at radius 3 is 2.78 bits per heavy atom. The van der Waals surface area contributed by atoms with Gasteiger partial charge in [-0.3, -0.25) is 10.1 Å². The van der Waals surface area contributed by atoms with E-state index in [4.69, 9.17) is 21.1 Å². The van der Waals surface area contributed by atoms with Gasteiger partial charge in [0.1, 0.15) is 18.2 Å². The molecule has 2 rings (SSSR count). The van der Waals surface area contributed by atoms with E-state index in [9.17, 15) is 14.9 Å². The van der Waals surface area contributed by atoms with Crippen LogP contribution in [0.15, 0.2) is 6.07 Å². The second kappa shape index (κ2) is 4.69. The van der Waals surface area contributed by atoms with Crippen molar-refractivity contribution in [2.75, 3.05) is 20.3 Å². The number of carbonyl (C=O) groups excluding carboxylic acids is 1. The van der Waals surface area contributed by atoms with Crippen LogP contribution >= 0.6 is 11.6 Å². The molecule has 0 aromatic heterocycles. The average molecular weight is 274 g/mol. The summed E-state index contributed by atoms with van der Waals surface area (Å²) in [6.45, 7) is 0.470. The van der Waals surface area contributed by atoms with Crippen LogP contribution in [0.2, 0.25) is 5.02 Å². The van der Waals surface area contributed by atoms with Gasteiger partial charge in [-0.2, -0.15) is 0 Å². The molecular formula is C10H8ClNO6. The van der Waals surface area contributed by atoms with Crippen molar-refractivity contribution in [2.45, 2.75) is 0 Å². The Hall–Kier alpha value is -2.02. The van der Waals surface area contributed by atoms with Crippen molar-refractivity contribution in [1.29, 1.82) is 0 Å². The zero-order valence-electron chi connectivity index (χ0n) is 9.27. The molecule has 0 bridgehead atoms. The fourth-order valence-corrected chi connectivity index (χ4v) is 1.88. The van der Waals surface area contributed by atoms with E-state index in [1.165, 1.54) is 6.07 Å². The van der Waals surface area contributed by atoms with E-state index >= 15 is 0 Å². The Morgan fingerprint density at radius 2 is 2.17 bits per heavy atom. The van der Waals surface area contributed by atoms with Crippen molar-refractivity contribution in [3.8, 4) is 11.5 Å². The molecule has 0 aliphatic carbocycles. The monoisotopic (exact) mass is 273 g/mol. The van der Waals surface area contributed by atoms with Gasteiger partial charge in [-0.15, -0.1) is 0 Å². The molecule has 18 heavy (non-hydrogen) atoms. The molecule has 1 aliphatic heterocycles. The first-order valence-electron chi connectivity index (χ1n) is 4.91. The zero-order chi connectivity index (χ0) is 13.3. The molecule has 8 heteroatoms. The van der Waals surface area contributed by atoms with Gasteiger partial charge in [0.25, 0.3) is 0 Å². The summed E-state index contributed by atoms with van der Waals surface area (Å²) in [6.07, 6.45) is 0. The standard InChI is InChI=1S/C10H8ClNO6/c1-16-10(13)7-8(12(14)15)5(11)4-6-9(7)18-3-2-17-6/h4H,2-3H2,1H3. The third-order valence-electron chi connectivity index (χ3n) is 2.33. The summed E-state index contributed by atoms with van der Waals surface area (Å²) >= 11 is 5.78. The first kappa shape index (κ1) is 12.4.